The smallest absolute Gasteiger partial charge is 0.129 e. The van der Waals surface area contributed by atoms with Gasteiger partial charge in [-0.2, -0.15) is 5.26 Å². The predicted octanol–water partition coefficient (Wildman–Crippen LogP) is 2.34. The van der Waals surface area contributed by atoms with E-state index in [1.54, 1.807) is 12.3 Å². The second-order valence-corrected chi connectivity index (χ2v) is 4.46. The maximum Gasteiger partial charge on any atom is 0.129 e. The van der Waals surface area contributed by atoms with Crippen LogP contribution < -0.4 is 4.90 Å². The topological polar surface area (TPSA) is 52.8 Å². The van der Waals surface area contributed by atoms with Crippen molar-refractivity contribution in [1.29, 1.82) is 5.26 Å². The third-order valence-corrected chi connectivity index (χ3v) is 2.89. The summed E-state index contributed by atoms with van der Waals surface area (Å²) in [5, 5.41) is 8.97. The maximum absolute atomic E-state index is 8.97. The summed E-state index contributed by atoms with van der Waals surface area (Å²) < 4.78 is 0. The molecule has 4 nitrogen and oxygen atoms in total. The lowest BCUT2D eigenvalue weighted by Gasteiger charge is -2.18. The predicted molar refractivity (Wildman–Crippen MR) is 74.9 cm³/mol. The number of hydrogen-bond donors (Lipinski definition) is 0. The molecule has 0 saturated heterocycles. The summed E-state index contributed by atoms with van der Waals surface area (Å²) in [6.45, 7) is 2.72. The maximum atomic E-state index is 8.97. The summed E-state index contributed by atoms with van der Waals surface area (Å²) in [6.07, 6.45) is 2.66. The van der Waals surface area contributed by atoms with Crippen LogP contribution in [0.1, 0.15) is 17.0 Å². The minimum Gasteiger partial charge on any atom is -0.359 e. The van der Waals surface area contributed by atoms with Crippen molar-refractivity contribution in [2.75, 3.05) is 18.5 Å². The first-order valence-corrected chi connectivity index (χ1v) is 6.19. The molecule has 4 heteroatoms. The van der Waals surface area contributed by atoms with Crippen molar-refractivity contribution in [3.8, 4) is 6.07 Å². The van der Waals surface area contributed by atoms with E-state index in [0.717, 1.165) is 30.2 Å². The fourth-order valence-electron chi connectivity index (χ4n) is 1.85. The monoisotopic (exact) mass is 252 g/mol. The molecule has 2 heterocycles. The van der Waals surface area contributed by atoms with E-state index in [2.05, 4.69) is 16.0 Å². The fourth-order valence-corrected chi connectivity index (χ4v) is 1.85. The lowest BCUT2D eigenvalue weighted by atomic mass is 10.2. The molecule has 0 aliphatic carbocycles. The van der Waals surface area contributed by atoms with Gasteiger partial charge in [-0.3, -0.25) is 4.98 Å². The average molecular weight is 252 g/mol. The van der Waals surface area contributed by atoms with Gasteiger partial charge in [-0.15, -0.1) is 0 Å². The van der Waals surface area contributed by atoms with Crippen LogP contribution in [0.15, 0.2) is 36.5 Å². The van der Waals surface area contributed by atoms with Gasteiger partial charge in [0.1, 0.15) is 5.82 Å². The van der Waals surface area contributed by atoms with Crippen molar-refractivity contribution in [3.05, 3.63) is 53.5 Å². The van der Waals surface area contributed by atoms with Crippen LogP contribution in [0.3, 0.4) is 0 Å². The molecule has 96 valence electrons. The van der Waals surface area contributed by atoms with Crippen LogP contribution in [0, 0.1) is 18.3 Å². The Hall–Kier alpha value is -2.41. The summed E-state index contributed by atoms with van der Waals surface area (Å²) in [7, 11) is 1.98. The SMILES string of the molecule is Cc1cc(C#N)cc(N(C)CCc2ccccn2)n1. The van der Waals surface area contributed by atoms with E-state index in [0.29, 0.717) is 5.56 Å². The molecule has 0 bridgehead atoms. The normalized spacial score (nSPS) is 9.95. The number of aromatic nitrogens is 2. The second-order valence-electron chi connectivity index (χ2n) is 4.46. The minimum absolute atomic E-state index is 0.646. The van der Waals surface area contributed by atoms with E-state index < -0.39 is 0 Å². The number of anilines is 1. The van der Waals surface area contributed by atoms with Gasteiger partial charge in [0.25, 0.3) is 0 Å². The number of nitriles is 1. The average Bonchev–Trinajstić information content (AvgIpc) is 2.45. The lowest BCUT2D eigenvalue weighted by Crippen LogP contribution is -2.22. The van der Waals surface area contributed by atoms with Gasteiger partial charge in [0.2, 0.25) is 0 Å². The van der Waals surface area contributed by atoms with E-state index in [9.17, 15) is 0 Å². The zero-order valence-electron chi connectivity index (χ0n) is 11.2. The van der Waals surface area contributed by atoms with Gasteiger partial charge in [-0.25, -0.2) is 4.98 Å². The first-order valence-electron chi connectivity index (χ1n) is 6.19. The molecule has 0 aliphatic heterocycles. The Kier molecular flexibility index (Phi) is 4.09. The van der Waals surface area contributed by atoms with E-state index in [1.165, 1.54) is 0 Å². The van der Waals surface area contributed by atoms with Gasteiger partial charge in [0, 0.05) is 37.6 Å². The van der Waals surface area contributed by atoms with Crippen molar-refractivity contribution in [3.63, 3.8) is 0 Å². The molecule has 0 N–H and O–H groups in total. The quantitative estimate of drug-likeness (QED) is 0.838. The third-order valence-electron chi connectivity index (χ3n) is 2.89. The Labute approximate surface area is 113 Å². The molecule has 0 fully saturated rings. The summed E-state index contributed by atoms with van der Waals surface area (Å²) in [5.41, 5.74) is 2.56. The molecule has 0 spiro atoms. The summed E-state index contributed by atoms with van der Waals surface area (Å²) >= 11 is 0. The molecule has 0 atom stereocenters. The van der Waals surface area contributed by atoms with Gasteiger partial charge < -0.3 is 4.90 Å². The zero-order valence-corrected chi connectivity index (χ0v) is 11.2. The number of hydrogen-bond acceptors (Lipinski definition) is 4. The van der Waals surface area contributed by atoms with Crippen LogP contribution in [-0.4, -0.2) is 23.6 Å². The molecule has 0 radical (unpaired) electrons. The summed E-state index contributed by atoms with van der Waals surface area (Å²) in [6, 6.07) is 11.7. The largest absolute Gasteiger partial charge is 0.359 e. The number of pyridine rings is 2. The lowest BCUT2D eigenvalue weighted by molar-refractivity contribution is 0.836. The van der Waals surface area contributed by atoms with E-state index in [-0.39, 0.29) is 0 Å². The number of aryl methyl sites for hydroxylation is 1. The molecule has 2 aromatic rings. The zero-order chi connectivity index (χ0) is 13.7. The Morgan fingerprint density at radius 1 is 1.32 bits per heavy atom. The number of nitrogens with zero attached hydrogens (tertiary/aromatic N) is 4. The molecule has 2 aromatic heterocycles. The van der Waals surface area contributed by atoms with Crippen molar-refractivity contribution in [2.45, 2.75) is 13.3 Å². The highest BCUT2D eigenvalue weighted by Gasteiger charge is 2.06. The summed E-state index contributed by atoms with van der Waals surface area (Å²) in [4.78, 5) is 10.8. The van der Waals surface area contributed by atoms with E-state index >= 15 is 0 Å². The number of rotatable bonds is 4. The van der Waals surface area contributed by atoms with E-state index in [1.807, 2.05) is 43.1 Å². The molecule has 2 rings (SSSR count). The van der Waals surface area contributed by atoms with Gasteiger partial charge in [0.15, 0.2) is 0 Å². The highest BCUT2D eigenvalue weighted by Crippen LogP contribution is 2.13. The van der Waals surface area contributed by atoms with Crippen LogP contribution in [0.25, 0.3) is 0 Å². The first-order chi connectivity index (χ1) is 9.19. The van der Waals surface area contributed by atoms with Gasteiger partial charge in [-0.05, 0) is 31.2 Å². The standard InChI is InChI=1S/C15H16N4/c1-12-9-13(11-16)10-15(18-12)19(2)8-6-14-5-3-4-7-17-14/h3-5,7,9-10H,6,8H2,1-2H3. The molecule has 0 aromatic carbocycles. The Bertz CT molecular complexity index is 587. The minimum atomic E-state index is 0.646. The van der Waals surface area contributed by atoms with Gasteiger partial charge in [-0.1, -0.05) is 6.07 Å². The Morgan fingerprint density at radius 2 is 2.16 bits per heavy atom. The molecule has 0 saturated carbocycles. The second kappa shape index (κ2) is 5.96. The highest BCUT2D eigenvalue weighted by molar-refractivity contribution is 5.46. The van der Waals surface area contributed by atoms with E-state index in [4.69, 9.17) is 5.26 Å². The van der Waals surface area contributed by atoms with Crippen LogP contribution in [0.4, 0.5) is 5.82 Å². The highest BCUT2D eigenvalue weighted by atomic mass is 15.2. The molecule has 0 aliphatic rings. The van der Waals surface area contributed by atoms with Crippen molar-refractivity contribution < 1.29 is 0 Å². The number of likely N-dealkylation sites (N-methyl/N-ethyl adjacent to an activating group) is 1. The third kappa shape index (κ3) is 3.52. The van der Waals surface area contributed by atoms with Crippen LogP contribution in [-0.2, 0) is 6.42 Å². The molecular formula is C15H16N4. The Balaban J connectivity index is 2.06. The molecule has 0 unspecified atom stereocenters. The molecule has 19 heavy (non-hydrogen) atoms. The van der Waals surface area contributed by atoms with Crippen molar-refractivity contribution in [2.24, 2.45) is 0 Å². The first kappa shape index (κ1) is 13.0. The fraction of sp³-hybridized carbons (Fsp3) is 0.267. The van der Waals surface area contributed by atoms with Crippen molar-refractivity contribution in [1.82, 2.24) is 9.97 Å². The molecule has 0 amide bonds. The van der Waals surface area contributed by atoms with Crippen LogP contribution in [0.2, 0.25) is 0 Å². The van der Waals surface area contributed by atoms with Gasteiger partial charge >= 0.3 is 0 Å². The van der Waals surface area contributed by atoms with Gasteiger partial charge in [0.05, 0.1) is 11.6 Å². The van der Waals surface area contributed by atoms with Crippen molar-refractivity contribution >= 4 is 5.82 Å². The van der Waals surface area contributed by atoms with Crippen LogP contribution in [0.5, 0.6) is 0 Å². The van der Waals surface area contributed by atoms with Crippen LogP contribution >= 0.6 is 0 Å². The Morgan fingerprint density at radius 3 is 2.84 bits per heavy atom. The summed E-state index contributed by atoms with van der Waals surface area (Å²) in [5.74, 6) is 0.826. The molecular weight excluding hydrogens is 236 g/mol.